The highest BCUT2D eigenvalue weighted by Gasteiger charge is 2.29. The third kappa shape index (κ3) is 4.95. The Bertz CT molecular complexity index is 357. The second-order valence-electron chi connectivity index (χ2n) is 6.50. The summed E-state index contributed by atoms with van der Waals surface area (Å²) in [6, 6.07) is 4.86. The first-order valence-electron chi connectivity index (χ1n) is 8.17. The van der Waals surface area contributed by atoms with Crippen LogP contribution in [0.4, 0.5) is 0 Å². The summed E-state index contributed by atoms with van der Waals surface area (Å²) in [7, 11) is 0. The van der Waals surface area contributed by atoms with Crippen molar-refractivity contribution in [2.45, 2.75) is 58.5 Å². The largest absolute Gasteiger partial charge is 0.468 e. The molecule has 1 unspecified atom stereocenters. The molecule has 3 heteroatoms. The van der Waals surface area contributed by atoms with Crippen LogP contribution < -0.4 is 5.73 Å². The number of hydrogen-bond donors (Lipinski definition) is 1. The van der Waals surface area contributed by atoms with Crippen LogP contribution in [0, 0.1) is 11.8 Å². The lowest BCUT2D eigenvalue weighted by molar-refractivity contribution is 0.216. The van der Waals surface area contributed by atoms with Gasteiger partial charge in [-0.1, -0.05) is 13.8 Å². The van der Waals surface area contributed by atoms with Crippen molar-refractivity contribution in [3.63, 3.8) is 0 Å². The lowest BCUT2D eigenvalue weighted by atomic mass is 9.88. The standard InChI is InChI=1S/C17H30N2O/c1-14(2)15(9-10-18)5-3-11-19(16-7-8-16)13-17-6-4-12-20-17/h4,6,12,14-16H,3,5,7-11,13,18H2,1-2H3. The Balaban J connectivity index is 1.74. The molecule has 1 aromatic heterocycles. The van der Waals surface area contributed by atoms with Gasteiger partial charge in [-0.2, -0.15) is 0 Å². The van der Waals surface area contributed by atoms with Crippen LogP contribution in [-0.4, -0.2) is 24.0 Å². The Morgan fingerprint density at radius 2 is 2.15 bits per heavy atom. The summed E-state index contributed by atoms with van der Waals surface area (Å²) in [4.78, 5) is 2.60. The number of hydrogen-bond acceptors (Lipinski definition) is 3. The van der Waals surface area contributed by atoms with Crippen molar-refractivity contribution in [1.82, 2.24) is 4.90 Å². The highest BCUT2D eigenvalue weighted by atomic mass is 16.3. The van der Waals surface area contributed by atoms with E-state index in [1.54, 1.807) is 6.26 Å². The minimum absolute atomic E-state index is 0.748. The van der Waals surface area contributed by atoms with Crippen LogP contribution in [0.15, 0.2) is 22.8 Å². The molecular weight excluding hydrogens is 248 g/mol. The van der Waals surface area contributed by atoms with Crippen molar-refractivity contribution >= 4 is 0 Å². The zero-order chi connectivity index (χ0) is 14.4. The highest BCUT2D eigenvalue weighted by molar-refractivity contribution is 4.99. The molecule has 0 aliphatic heterocycles. The molecule has 0 saturated heterocycles. The Morgan fingerprint density at radius 1 is 1.35 bits per heavy atom. The molecule has 1 aliphatic rings. The maximum absolute atomic E-state index is 5.72. The molecule has 1 saturated carbocycles. The maximum atomic E-state index is 5.72. The fourth-order valence-electron chi connectivity index (χ4n) is 3.01. The maximum Gasteiger partial charge on any atom is 0.117 e. The topological polar surface area (TPSA) is 42.4 Å². The van der Waals surface area contributed by atoms with E-state index in [-0.39, 0.29) is 0 Å². The van der Waals surface area contributed by atoms with Crippen LogP contribution in [-0.2, 0) is 6.54 Å². The van der Waals surface area contributed by atoms with Gasteiger partial charge in [-0.05, 0) is 69.2 Å². The quantitative estimate of drug-likeness (QED) is 0.710. The first-order valence-corrected chi connectivity index (χ1v) is 8.17. The Labute approximate surface area is 123 Å². The number of rotatable bonds is 10. The van der Waals surface area contributed by atoms with Crippen molar-refractivity contribution in [3.8, 4) is 0 Å². The van der Waals surface area contributed by atoms with E-state index in [0.29, 0.717) is 0 Å². The van der Waals surface area contributed by atoms with Crippen LogP contribution in [0.1, 0.15) is 51.7 Å². The fraction of sp³-hybridized carbons (Fsp3) is 0.765. The molecule has 1 aliphatic carbocycles. The summed E-state index contributed by atoms with van der Waals surface area (Å²) in [5, 5.41) is 0. The van der Waals surface area contributed by atoms with Gasteiger partial charge in [-0.25, -0.2) is 0 Å². The molecule has 114 valence electrons. The van der Waals surface area contributed by atoms with E-state index in [1.807, 2.05) is 6.07 Å². The number of furan rings is 1. The molecule has 1 fully saturated rings. The molecule has 0 spiro atoms. The van der Waals surface area contributed by atoms with Gasteiger partial charge in [0.1, 0.15) is 5.76 Å². The van der Waals surface area contributed by atoms with Crippen LogP contribution in [0.2, 0.25) is 0 Å². The minimum Gasteiger partial charge on any atom is -0.468 e. The summed E-state index contributed by atoms with van der Waals surface area (Å²) in [6.45, 7) is 7.63. The predicted molar refractivity (Wildman–Crippen MR) is 83.4 cm³/mol. The molecule has 0 amide bonds. The zero-order valence-corrected chi connectivity index (χ0v) is 13.1. The van der Waals surface area contributed by atoms with Crippen LogP contribution in [0.3, 0.4) is 0 Å². The van der Waals surface area contributed by atoms with E-state index in [0.717, 1.165) is 36.7 Å². The van der Waals surface area contributed by atoms with Crippen LogP contribution in [0.5, 0.6) is 0 Å². The predicted octanol–water partition coefficient (Wildman–Crippen LogP) is 3.65. The Morgan fingerprint density at radius 3 is 2.70 bits per heavy atom. The van der Waals surface area contributed by atoms with Gasteiger partial charge in [0.15, 0.2) is 0 Å². The summed E-state index contributed by atoms with van der Waals surface area (Å²) in [5.74, 6) is 2.63. The van der Waals surface area contributed by atoms with E-state index >= 15 is 0 Å². The van der Waals surface area contributed by atoms with Gasteiger partial charge < -0.3 is 10.2 Å². The highest BCUT2D eigenvalue weighted by Crippen LogP contribution is 2.29. The average Bonchev–Trinajstić information content (AvgIpc) is 3.14. The molecule has 0 bridgehead atoms. The summed E-state index contributed by atoms with van der Waals surface area (Å²) in [6.07, 6.45) is 8.24. The lowest BCUT2D eigenvalue weighted by Gasteiger charge is -2.24. The molecule has 0 radical (unpaired) electrons. The van der Waals surface area contributed by atoms with Gasteiger partial charge in [0.25, 0.3) is 0 Å². The van der Waals surface area contributed by atoms with Crippen molar-refractivity contribution in [2.24, 2.45) is 17.6 Å². The molecule has 20 heavy (non-hydrogen) atoms. The first kappa shape index (κ1) is 15.6. The third-order valence-corrected chi connectivity index (χ3v) is 4.50. The minimum atomic E-state index is 0.748. The van der Waals surface area contributed by atoms with E-state index < -0.39 is 0 Å². The SMILES string of the molecule is CC(C)C(CCN)CCCN(Cc1ccco1)C1CC1. The second kappa shape index (κ2) is 7.84. The molecule has 2 N–H and O–H groups in total. The fourth-order valence-corrected chi connectivity index (χ4v) is 3.01. The van der Waals surface area contributed by atoms with Crippen LogP contribution in [0.25, 0.3) is 0 Å². The number of nitrogens with two attached hydrogens (primary N) is 1. The van der Waals surface area contributed by atoms with E-state index in [1.165, 1.54) is 38.6 Å². The van der Waals surface area contributed by atoms with Gasteiger partial charge >= 0.3 is 0 Å². The van der Waals surface area contributed by atoms with Crippen molar-refractivity contribution in [3.05, 3.63) is 24.2 Å². The van der Waals surface area contributed by atoms with Crippen molar-refractivity contribution < 1.29 is 4.42 Å². The Hall–Kier alpha value is -0.800. The lowest BCUT2D eigenvalue weighted by Crippen LogP contribution is -2.27. The molecule has 1 atom stereocenters. The molecule has 0 aromatic carbocycles. The van der Waals surface area contributed by atoms with E-state index in [2.05, 4.69) is 24.8 Å². The van der Waals surface area contributed by atoms with E-state index in [9.17, 15) is 0 Å². The first-order chi connectivity index (χ1) is 9.70. The smallest absolute Gasteiger partial charge is 0.117 e. The average molecular weight is 278 g/mol. The third-order valence-electron chi connectivity index (χ3n) is 4.50. The normalized spacial score (nSPS) is 17.1. The number of nitrogens with zero attached hydrogens (tertiary/aromatic N) is 1. The van der Waals surface area contributed by atoms with Gasteiger partial charge in [0.2, 0.25) is 0 Å². The van der Waals surface area contributed by atoms with Gasteiger partial charge in [-0.3, -0.25) is 4.90 Å². The summed E-state index contributed by atoms with van der Waals surface area (Å²) < 4.78 is 5.49. The van der Waals surface area contributed by atoms with Gasteiger partial charge in [0.05, 0.1) is 12.8 Å². The van der Waals surface area contributed by atoms with Crippen molar-refractivity contribution in [1.29, 1.82) is 0 Å². The zero-order valence-electron chi connectivity index (χ0n) is 13.1. The molecule has 1 aromatic rings. The summed E-state index contributed by atoms with van der Waals surface area (Å²) >= 11 is 0. The van der Waals surface area contributed by atoms with E-state index in [4.69, 9.17) is 10.2 Å². The molecule has 1 heterocycles. The van der Waals surface area contributed by atoms with Crippen LogP contribution >= 0.6 is 0 Å². The van der Waals surface area contributed by atoms with Crippen molar-refractivity contribution in [2.75, 3.05) is 13.1 Å². The monoisotopic (exact) mass is 278 g/mol. The molecule has 3 nitrogen and oxygen atoms in total. The summed E-state index contributed by atoms with van der Waals surface area (Å²) in [5.41, 5.74) is 5.72. The molecule has 2 rings (SSSR count). The second-order valence-corrected chi connectivity index (χ2v) is 6.50. The molecular formula is C17H30N2O. The van der Waals surface area contributed by atoms with Gasteiger partial charge in [0, 0.05) is 6.04 Å². The Kier molecular flexibility index (Phi) is 6.11. The van der Waals surface area contributed by atoms with Gasteiger partial charge in [-0.15, -0.1) is 0 Å².